The minimum atomic E-state index is -4.29. The molecule has 1 saturated heterocycles. The van der Waals surface area contributed by atoms with Gasteiger partial charge in [-0.25, -0.2) is 21.1 Å². The number of amides is 1. The lowest BCUT2D eigenvalue weighted by Gasteiger charge is -2.19. The smallest absolute Gasteiger partial charge is 0.265 e. The molecule has 1 N–H and O–H groups in total. The SMILES string of the molecule is CCOc1ccc(N2C(=O)CCS2(=O)=O)cc1S(=O)(=O)Nc1c(Cl)cccc1Cl. The number of anilines is 2. The summed E-state index contributed by atoms with van der Waals surface area (Å²) in [5, 5.41) is 0.153. The first-order chi connectivity index (χ1) is 13.6. The zero-order valence-electron chi connectivity index (χ0n) is 15.1. The number of para-hydroxylation sites is 1. The molecule has 12 heteroatoms. The summed E-state index contributed by atoms with van der Waals surface area (Å²) < 4.78 is 58.8. The van der Waals surface area contributed by atoms with Crippen LogP contribution in [0.2, 0.25) is 10.0 Å². The molecule has 0 bridgehead atoms. The highest BCUT2D eigenvalue weighted by molar-refractivity contribution is 7.94. The zero-order valence-corrected chi connectivity index (χ0v) is 18.2. The fourth-order valence-corrected chi connectivity index (χ4v) is 6.08. The molecule has 2 aromatic carbocycles. The maximum Gasteiger partial charge on any atom is 0.265 e. The fourth-order valence-electron chi connectivity index (χ4n) is 2.76. The Hall–Kier alpha value is -2.01. The van der Waals surface area contributed by atoms with Crippen LogP contribution in [0.3, 0.4) is 0 Å². The van der Waals surface area contributed by atoms with Gasteiger partial charge in [-0.1, -0.05) is 29.3 Å². The summed E-state index contributed by atoms with van der Waals surface area (Å²) in [6.07, 6.45) is -0.175. The third-order valence-electron chi connectivity index (χ3n) is 4.03. The lowest BCUT2D eigenvalue weighted by molar-refractivity contribution is -0.116. The Morgan fingerprint density at radius 2 is 1.83 bits per heavy atom. The van der Waals surface area contributed by atoms with E-state index in [4.69, 9.17) is 27.9 Å². The molecule has 0 saturated carbocycles. The summed E-state index contributed by atoms with van der Waals surface area (Å²) in [4.78, 5) is 11.7. The second-order valence-corrected chi connectivity index (χ2v) is 10.4. The van der Waals surface area contributed by atoms with Crippen LogP contribution in [0.15, 0.2) is 41.3 Å². The standard InChI is InChI=1S/C17H16Cl2N2O6S2/c1-2-27-14-7-6-11(21-16(22)8-9-28(21,23)24)10-15(14)29(25,26)20-17-12(18)4-3-5-13(17)19/h3-7,10,20H,2,8-9H2,1H3. The molecule has 0 unspecified atom stereocenters. The van der Waals surface area contributed by atoms with E-state index in [9.17, 15) is 21.6 Å². The van der Waals surface area contributed by atoms with Crippen molar-refractivity contribution in [2.24, 2.45) is 0 Å². The predicted molar refractivity (Wildman–Crippen MR) is 111 cm³/mol. The van der Waals surface area contributed by atoms with Gasteiger partial charge in [0.05, 0.1) is 33.8 Å². The van der Waals surface area contributed by atoms with Crippen LogP contribution in [0.5, 0.6) is 5.75 Å². The van der Waals surface area contributed by atoms with Gasteiger partial charge in [0.15, 0.2) is 0 Å². The molecule has 0 atom stereocenters. The summed E-state index contributed by atoms with van der Waals surface area (Å²) in [6.45, 7) is 1.83. The highest BCUT2D eigenvalue weighted by Crippen LogP contribution is 2.36. The van der Waals surface area contributed by atoms with Gasteiger partial charge in [0, 0.05) is 6.42 Å². The normalized spacial score (nSPS) is 16.1. The van der Waals surface area contributed by atoms with Crippen molar-refractivity contribution in [3.63, 3.8) is 0 Å². The quantitative estimate of drug-likeness (QED) is 0.681. The number of nitrogens with one attached hydrogen (secondary N) is 1. The second kappa shape index (κ2) is 8.02. The van der Waals surface area contributed by atoms with Crippen molar-refractivity contribution in [3.05, 3.63) is 46.4 Å². The summed E-state index contributed by atoms with van der Waals surface area (Å²) in [6, 6.07) is 8.15. The van der Waals surface area contributed by atoms with Crippen LogP contribution in [0.25, 0.3) is 0 Å². The molecular formula is C17H16Cl2N2O6S2. The van der Waals surface area contributed by atoms with E-state index in [0.717, 1.165) is 6.07 Å². The van der Waals surface area contributed by atoms with Crippen LogP contribution in [-0.2, 0) is 24.8 Å². The molecule has 3 rings (SSSR count). The zero-order chi connectivity index (χ0) is 21.4. The predicted octanol–water partition coefficient (Wildman–Crippen LogP) is 3.26. The molecule has 156 valence electrons. The number of benzene rings is 2. The minimum absolute atomic E-state index is 0.0176. The third kappa shape index (κ3) is 4.30. The van der Waals surface area contributed by atoms with E-state index in [1.165, 1.54) is 24.3 Å². The molecule has 29 heavy (non-hydrogen) atoms. The van der Waals surface area contributed by atoms with Crippen LogP contribution in [0.1, 0.15) is 13.3 Å². The van der Waals surface area contributed by atoms with Gasteiger partial charge in [-0.3, -0.25) is 9.52 Å². The Balaban J connectivity index is 2.12. The van der Waals surface area contributed by atoms with E-state index in [0.29, 0.717) is 4.31 Å². The molecule has 2 aromatic rings. The highest BCUT2D eigenvalue weighted by Gasteiger charge is 2.37. The molecule has 0 radical (unpaired) electrons. The first-order valence-electron chi connectivity index (χ1n) is 8.36. The molecule has 0 aliphatic carbocycles. The Labute approximate surface area is 178 Å². The van der Waals surface area contributed by atoms with Crippen LogP contribution < -0.4 is 13.8 Å². The van der Waals surface area contributed by atoms with Crippen LogP contribution in [-0.4, -0.2) is 35.1 Å². The van der Waals surface area contributed by atoms with Crippen LogP contribution >= 0.6 is 23.2 Å². The van der Waals surface area contributed by atoms with Gasteiger partial charge in [0.25, 0.3) is 10.0 Å². The third-order valence-corrected chi connectivity index (χ3v) is 7.72. The Kier molecular flexibility index (Phi) is 6.00. The van der Waals surface area contributed by atoms with Gasteiger partial charge in [-0.2, -0.15) is 0 Å². The summed E-state index contributed by atoms with van der Waals surface area (Å²) in [5.41, 5.74) is -0.130. The number of sulfonamides is 2. The number of hydrogen-bond acceptors (Lipinski definition) is 6. The van der Waals surface area contributed by atoms with E-state index in [1.807, 2.05) is 0 Å². The first-order valence-corrected chi connectivity index (χ1v) is 12.2. The number of halogens is 2. The highest BCUT2D eigenvalue weighted by atomic mass is 35.5. The molecule has 0 spiro atoms. The maximum absolute atomic E-state index is 13.1. The van der Waals surface area contributed by atoms with E-state index in [-0.39, 0.29) is 50.8 Å². The lowest BCUT2D eigenvalue weighted by atomic mass is 10.3. The fraction of sp³-hybridized carbons (Fsp3) is 0.235. The van der Waals surface area contributed by atoms with Gasteiger partial charge in [0.2, 0.25) is 15.9 Å². The minimum Gasteiger partial charge on any atom is -0.492 e. The summed E-state index contributed by atoms with van der Waals surface area (Å²) in [7, 11) is -8.16. The van der Waals surface area contributed by atoms with Crippen molar-refractivity contribution >= 4 is 60.5 Å². The van der Waals surface area contributed by atoms with Gasteiger partial charge in [-0.15, -0.1) is 0 Å². The monoisotopic (exact) mass is 478 g/mol. The van der Waals surface area contributed by atoms with E-state index in [2.05, 4.69) is 4.72 Å². The van der Waals surface area contributed by atoms with E-state index < -0.39 is 26.0 Å². The van der Waals surface area contributed by atoms with Gasteiger partial charge >= 0.3 is 0 Å². The largest absolute Gasteiger partial charge is 0.492 e. The number of carbonyl (C=O) groups is 1. The molecule has 8 nitrogen and oxygen atoms in total. The maximum atomic E-state index is 13.1. The molecule has 1 heterocycles. The number of nitrogens with zero attached hydrogens (tertiary/aromatic N) is 1. The van der Waals surface area contributed by atoms with Crippen LogP contribution in [0.4, 0.5) is 11.4 Å². The van der Waals surface area contributed by atoms with Gasteiger partial charge in [-0.05, 0) is 37.3 Å². The molecule has 1 amide bonds. The van der Waals surface area contributed by atoms with Crippen molar-refractivity contribution in [1.29, 1.82) is 0 Å². The second-order valence-electron chi connectivity index (χ2n) is 5.99. The summed E-state index contributed by atoms with van der Waals surface area (Å²) >= 11 is 12.1. The average molecular weight is 479 g/mol. The van der Waals surface area contributed by atoms with Gasteiger partial charge < -0.3 is 4.74 Å². The van der Waals surface area contributed by atoms with Crippen LogP contribution in [0, 0.1) is 0 Å². The first kappa shape index (κ1) is 21.7. The number of hydrogen-bond donors (Lipinski definition) is 1. The Morgan fingerprint density at radius 3 is 2.38 bits per heavy atom. The Bertz CT molecular complexity index is 1160. The van der Waals surface area contributed by atoms with Crippen molar-refractivity contribution in [2.45, 2.75) is 18.2 Å². The van der Waals surface area contributed by atoms with E-state index >= 15 is 0 Å². The Morgan fingerprint density at radius 1 is 1.17 bits per heavy atom. The van der Waals surface area contributed by atoms with E-state index in [1.54, 1.807) is 13.0 Å². The summed E-state index contributed by atoms with van der Waals surface area (Å²) in [5.74, 6) is -0.996. The molecular weight excluding hydrogens is 463 g/mol. The molecule has 0 aromatic heterocycles. The average Bonchev–Trinajstić information content (AvgIpc) is 2.92. The number of rotatable bonds is 6. The molecule has 1 aliphatic heterocycles. The number of carbonyl (C=O) groups excluding carboxylic acids is 1. The molecule has 1 fully saturated rings. The van der Waals surface area contributed by atoms with Crippen molar-refractivity contribution < 1.29 is 26.4 Å². The topological polar surface area (TPSA) is 110 Å². The lowest BCUT2D eigenvalue weighted by Crippen LogP contribution is -2.29. The van der Waals surface area contributed by atoms with Gasteiger partial charge in [0.1, 0.15) is 10.6 Å². The number of ether oxygens (including phenoxy) is 1. The van der Waals surface area contributed by atoms with Crippen molar-refractivity contribution in [3.8, 4) is 5.75 Å². The van der Waals surface area contributed by atoms with Crippen molar-refractivity contribution in [1.82, 2.24) is 0 Å². The van der Waals surface area contributed by atoms with Crippen molar-refractivity contribution in [2.75, 3.05) is 21.4 Å². The molecule has 1 aliphatic rings.